The predicted octanol–water partition coefficient (Wildman–Crippen LogP) is 1.07. The summed E-state index contributed by atoms with van der Waals surface area (Å²) in [5.41, 5.74) is 0.361. The highest BCUT2D eigenvalue weighted by atomic mass is 32.2. The molecule has 1 saturated heterocycles. The Morgan fingerprint density at radius 3 is 2.56 bits per heavy atom. The number of hydrogen-bond acceptors (Lipinski definition) is 5. The molecule has 2 rings (SSSR count). The van der Waals surface area contributed by atoms with E-state index in [-0.39, 0.29) is 16.6 Å². The van der Waals surface area contributed by atoms with Gasteiger partial charge in [0.1, 0.15) is 10.6 Å². The minimum absolute atomic E-state index is 0.0228. The predicted molar refractivity (Wildman–Crippen MR) is 96.4 cm³/mol. The van der Waals surface area contributed by atoms with Crippen molar-refractivity contribution in [3.8, 4) is 5.75 Å². The van der Waals surface area contributed by atoms with Crippen LogP contribution in [0.1, 0.15) is 30.1 Å². The minimum Gasteiger partial charge on any atom is -0.495 e. The molecule has 0 spiro atoms. The second-order valence-corrected chi connectivity index (χ2v) is 7.97. The molecule has 0 atom stereocenters. The number of hydrogen-bond donors (Lipinski definition) is 2. The second-order valence-electron chi connectivity index (χ2n) is 6.12. The number of amides is 1. The number of likely N-dealkylation sites (tertiary alicyclic amines) is 1. The first kappa shape index (κ1) is 19.7. The van der Waals surface area contributed by atoms with E-state index in [0.29, 0.717) is 24.6 Å². The molecule has 0 aromatic heterocycles. The van der Waals surface area contributed by atoms with Crippen LogP contribution in [0.25, 0.3) is 0 Å². The lowest BCUT2D eigenvalue weighted by molar-refractivity contribution is 0.0690. The molecule has 1 fully saturated rings. The van der Waals surface area contributed by atoms with Gasteiger partial charge in [-0.1, -0.05) is 6.92 Å². The lowest BCUT2D eigenvalue weighted by Crippen LogP contribution is -2.40. The average Bonchev–Trinajstić information content (AvgIpc) is 2.65. The number of carbonyl (C=O) groups excluding carboxylic acids is 1. The van der Waals surface area contributed by atoms with Gasteiger partial charge in [0.05, 0.1) is 7.11 Å². The molecule has 1 aliphatic heterocycles. The van der Waals surface area contributed by atoms with E-state index >= 15 is 0 Å². The van der Waals surface area contributed by atoms with Crippen molar-refractivity contribution in [2.75, 3.05) is 40.3 Å². The summed E-state index contributed by atoms with van der Waals surface area (Å²) in [6.07, 6.45) is 1.91. The Bertz CT molecular complexity index is 698. The summed E-state index contributed by atoms with van der Waals surface area (Å²) in [7, 11) is -0.966. The summed E-state index contributed by atoms with van der Waals surface area (Å²) in [5.74, 6) is 0.660. The minimum atomic E-state index is -3.70. The molecule has 140 valence electrons. The van der Waals surface area contributed by atoms with Crippen molar-refractivity contribution in [3.63, 3.8) is 0 Å². The molecule has 0 saturated carbocycles. The maximum Gasteiger partial charge on any atom is 0.253 e. The maximum atomic E-state index is 12.7. The molecule has 7 nitrogen and oxygen atoms in total. The first-order valence-corrected chi connectivity index (χ1v) is 10.0. The Kier molecular flexibility index (Phi) is 6.80. The van der Waals surface area contributed by atoms with Crippen molar-refractivity contribution in [2.45, 2.75) is 24.7 Å². The van der Waals surface area contributed by atoms with Crippen LogP contribution in [-0.2, 0) is 10.0 Å². The van der Waals surface area contributed by atoms with E-state index in [4.69, 9.17) is 4.74 Å². The van der Waals surface area contributed by atoms with E-state index in [0.717, 1.165) is 25.9 Å². The standard InChI is InChI=1S/C17H27N3O4S/c1-4-19-12-13-7-9-20(10-8-13)17(21)14-5-6-15(24-3)16(11-14)25(22,23)18-2/h5-6,11,13,18-19H,4,7-10,12H2,1-3H3. The Hall–Kier alpha value is -1.64. The zero-order valence-corrected chi connectivity index (χ0v) is 15.9. The third-order valence-corrected chi connectivity index (χ3v) is 5.99. The van der Waals surface area contributed by atoms with E-state index in [1.807, 2.05) is 0 Å². The van der Waals surface area contributed by atoms with Gasteiger partial charge in [-0.2, -0.15) is 0 Å². The van der Waals surface area contributed by atoms with Crippen LogP contribution in [0.4, 0.5) is 0 Å². The van der Waals surface area contributed by atoms with Crippen molar-refractivity contribution < 1.29 is 17.9 Å². The van der Waals surface area contributed by atoms with E-state index in [2.05, 4.69) is 17.0 Å². The Balaban J connectivity index is 2.14. The number of piperidine rings is 1. The van der Waals surface area contributed by atoms with Gasteiger partial charge in [0.25, 0.3) is 5.91 Å². The molecule has 1 aromatic carbocycles. The normalized spacial score (nSPS) is 16.0. The number of nitrogens with zero attached hydrogens (tertiary/aromatic N) is 1. The van der Waals surface area contributed by atoms with Gasteiger partial charge in [-0.05, 0) is 57.1 Å². The average molecular weight is 369 g/mol. The molecule has 1 heterocycles. The quantitative estimate of drug-likeness (QED) is 0.751. The summed E-state index contributed by atoms with van der Waals surface area (Å²) in [4.78, 5) is 14.5. The smallest absolute Gasteiger partial charge is 0.253 e. The van der Waals surface area contributed by atoms with Crippen LogP contribution in [0.2, 0.25) is 0 Å². The zero-order chi connectivity index (χ0) is 18.4. The third-order valence-electron chi connectivity index (χ3n) is 4.55. The number of carbonyl (C=O) groups is 1. The molecular weight excluding hydrogens is 342 g/mol. The van der Waals surface area contributed by atoms with Crippen LogP contribution < -0.4 is 14.8 Å². The van der Waals surface area contributed by atoms with E-state index in [1.165, 1.54) is 26.3 Å². The lowest BCUT2D eigenvalue weighted by Gasteiger charge is -2.32. The van der Waals surface area contributed by atoms with E-state index in [1.54, 1.807) is 11.0 Å². The Labute approximate surface area is 149 Å². The molecule has 1 aliphatic rings. The molecule has 2 N–H and O–H groups in total. The molecule has 1 aromatic rings. The molecule has 0 aliphatic carbocycles. The Morgan fingerprint density at radius 1 is 1.32 bits per heavy atom. The van der Waals surface area contributed by atoms with Gasteiger partial charge in [0.15, 0.2) is 0 Å². The molecule has 0 radical (unpaired) electrons. The van der Waals surface area contributed by atoms with Crippen LogP contribution in [-0.4, -0.2) is 59.6 Å². The first-order chi connectivity index (χ1) is 11.9. The topological polar surface area (TPSA) is 87.7 Å². The fourth-order valence-corrected chi connectivity index (χ4v) is 3.92. The maximum absolute atomic E-state index is 12.7. The zero-order valence-electron chi connectivity index (χ0n) is 15.0. The van der Waals surface area contributed by atoms with Gasteiger partial charge in [0, 0.05) is 18.7 Å². The monoisotopic (exact) mass is 369 g/mol. The van der Waals surface area contributed by atoms with Crippen molar-refractivity contribution >= 4 is 15.9 Å². The molecular formula is C17H27N3O4S. The number of ether oxygens (including phenoxy) is 1. The van der Waals surface area contributed by atoms with Crippen LogP contribution in [0.5, 0.6) is 5.75 Å². The van der Waals surface area contributed by atoms with Crippen LogP contribution in [0.15, 0.2) is 23.1 Å². The van der Waals surface area contributed by atoms with Gasteiger partial charge < -0.3 is 15.0 Å². The van der Waals surface area contributed by atoms with E-state index < -0.39 is 10.0 Å². The van der Waals surface area contributed by atoms with Gasteiger partial charge >= 0.3 is 0 Å². The summed E-state index contributed by atoms with van der Waals surface area (Å²) >= 11 is 0. The second kappa shape index (κ2) is 8.64. The number of methoxy groups -OCH3 is 1. The fraction of sp³-hybridized carbons (Fsp3) is 0.588. The highest BCUT2D eigenvalue weighted by Crippen LogP contribution is 2.26. The molecule has 8 heteroatoms. The van der Waals surface area contributed by atoms with Crippen molar-refractivity contribution in [1.82, 2.24) is 14.9 Å². The summed E-state index contributed by atoms with van der Waals surface area (Å²) < 4.78 is 31.7. The Morgan fingerprint density at radius 2 is 2.00 bits per heavy atom. The molecule has 25 heavy (non-hydrogen) atoms. The fourth-order valence-electron chi connectivity index (χ4n) is 3.00. The number of nitrogens with one attached hydrogen (secondary N) is 2. The number of benzene rings is 1. The summed E-state index contributed by atoms with van der Waals surface area (Å²) in [6.45, 7) is 5.39. The van der Waals surface area contributed by atoms with Gasteiger partial charge in [0.2, 0.25) is 10.0 Å². The van der Waals surface area contributed by atoms with Crippen molar-refractivity contribution in [2.24, 2.45) is 5.92 Å². The number of rotatable bonds is 7. The van der Waals surface area contributed by atoms with Crippen LogP contribution >= 0.6 is 0 Å². The van der Waals surface area contributed by atoms with Crippen molar-refractivity contribution in [3.05, 3.63) is 23.8 Å². The van der Waals surface area contributed by atoms with Crippen LogP contribution in [0.3, 0.4) is 0 Å². The SMILES string of the molecule is CCNCC1CCN(C(=O)c2ccc(OC)c(S(=O)(=O)NC)c2)CC1. The van der Waals surface area contributed by atoms with Gasteiger partial charge in [-0.25, -0.2) is 13.1 Å². The molecule has 1 amide bonds. The first-order valence-electron chi connectivity index (χ1n) is 8.54. The largest absolute Gasteiger partial charge is 0.495 e. The van der Waals surface area contributed by atoms with Gasteiger partial charge in [-0.3, -0.25) is 4.79 Å². The number of sulfonamides is 1. The summed E-state index contributed by atoms with van der Waals surface area (Å²) in [5, 5.41) is 3.35. The molecule has 0 unspecified atom stereocenters. The van der Waals surface area contributed by atoms with Gasteiger partial charge in [-0.15, -0.1) is 0 Å². The third kappa shape index (κ3) is 4.71. The van der Waals surface area contributed by atoms with Crippen LogP contribution in [0, 0.1) is 5.92 Å². The lowest BCUT2D eigenvalue weighted by atomic mass is 9.96. The van der Waals surface area contributed by atoms with E-state index in [9.17, 15) is 13.2 Å². The highest BCUT2D eigenvalue weighted by Gasteiger charge is 2.25. The van der Waals surface area contributed by atoms with Crippen molar-refractivity contribution in [1.29, 1.82) is 0 Å². The highest BCUT2D eigenvalue weighted by molar-refractivity contribution is 7.89. The molecule has 0 bridgehead atoms. The summed E-state index contributed by atoms with van der Waals surface area (Å²) in [6, 6.07) is 4.52.